The standard InChI is InChI=1S/C15H11FN2OS/c1-9-4-2-7-14(17-9)18-15(19)13-8-10-11(16)5-3-6-12(10)20-13/h2-8H,1H3,(H,17,18,19). The van der Waals surface area contributed by atoms with E-state index in [1.54, 1.807) is 24.3 Å². The molecule has 3 nitrogen and oxygen atoms in total. The third-order valence-corrected chi connectivity index (χ3v) is 3.96. The molecule has 0 atom stereocenters. The van der Waals surface area contributed by atoms with Crippen LogP contribution in [0, 0.1) is 12.7 Å². The summed E-state index contributed by atoms with van der Waals surface area (Å²) in [6, 6.07) is 11.8. The first-order valence-electron chi connectivity index (χ1n) is 6.06. The summed E-state index contributed by atoms with van der Waals surface area (Å²) in [6.45, 7) is 1.85. The van der Waals surface area contributed by atoms with Crippen molar-refractivity contribution in [1.29, 1.82) is 0 Å². The summed E-state index contributed by atoms with van der Waals surface area (Å²) in [7, 11) is 0. The van der Waals surface area contributed by atoms with Crippen LogP contribution in [-0.4, -0.2) is 10.9 Å². The number of hydrogen-bond acceptors (Lipinski definition) is 3. The van der Waals surface area contributed by atoms with Crippen LogP contribution in [0.25, 0.3) is 10.1 Å². The fourth-order valence-corrected chi connectivity index (χ4v) is 2.90. The van der Waals surface area contributed by atoms with Crippen LogP contribution in [0.15, 0.2) is 42.5 Å². The number of hydrogen-bond donors (Lipinski definition) is 1. The lowest BCUT2D eigenvalue weighted by atomic mass is 10.2. The SMILES string of the molecule is Cc1cccc(NC(=O)c2cc3c(F)cccc3s2)n1. The first kappa shape index (κ1) is 12.7. The zero-order valence-electron chi connectivity index (χ0n) is 10.7. The van der Waals surface area contributed by atoms with E-state index in [2.05, 4.69) is 10.3 Å². The number of nitrogens with one attached hydrogen (secondary N) is 1. The highest BCUT2D eigenvalue weighted by Crippen LogP contribution is 2.28. The molecule has 0 spiro atoms. The number of halogens is 1. The normalized spacial score (nSPS) is 10.7. The van der Waals surface area contributed by atoms with Crippen molar-refractivity contribution in [3.63, 3.8) is 0 Å². The average Bonchev–Trinajstić information content (AvgIpc) is 2.84. The van der Waals surface area contributed by atoms with Crippen molar-refractivity contribution < 1.29 is 9.18 Å². The van der Waals surface area contributed by atoms with Crippen molar-refractivity contribution in [3.8, 4) is 0 Å². The number of benzene rings is 1. The van der Waals surface area contributed by atoms with Crippen molar-refractivity contribution in [2.24, 2.45) is 0 Å². The molecule has 5 heteroatoms. The van der Waals surface area contributed by atoms with Gasteiger partial charge in [-0.1, -0.05) is 12.1 Å². The Bertz CT molecular complexity index is 797. The molecule has 0 radical (unpaired) electrons. The molecule has 0 bridgehead atoms. The summed E-state index contributed by atoms with van der Waals surface area (Å²) in [5.74, 6) is -0.0943. The van der Waals surface area contributed by atoms with Gasteiger partial charge in [0.25, 0.3) is 5.91 Å². The largest absolute Gasteiger partial charge is 0.306 e. The molecule has 0 aliphatic carbocycles. The molecular formula is C15H11FN2OS. The molecular weight excluding hydrogens is 275 g/mol. The van der Waals surface area contributed by atoms with Crippen LogP contribution in [-0.2, 0) is 0 Å². The first-order chi connectivity index (χ1) is 9.63. The predicted octanol–water partition coefficient (Wildman–Crippen LogP) is 4.00. The van der Waals surface area contributed by atoms with Gasteiger partial charge in [0.1, 0.15) is 11.6 Å². The Morgan fingerprint density at radius 3 is 2.80 bits per heavy atom. The third kappa shape index (κ3) is 2.40. The Morgan fingerprint density at radius 2 is 2.05 bits per heavy atom. The fraction of sp³-hybridized carbons (Fsp3) is 0.0667. The van der Waals surface area contributed by atoms with Crippen molar-refractivity contribution in [1.82, 2.24) is 4.98 Å². The maximum Gasteiger partial charge on any atom is 0.266 e. The number of carbonyl (C=O) groups excluding carboxylic acids is 1. The van der Waals surface area contributed by atoms with Gasteiger partial charge in [-0.15, -0.1) is 11.3 Å². The van der Waals surface area contributed by atoms with Gasteiger partial charge in [0, 0.05) is 15.8 Å². The van der Waals surface area contributed by atoms with E-state index in [1.165, 1.54) is 17.4 Å². The zero-order chi connectivity index (χ0) is 14.1. The first-order valence-corrected chi connectivity index (χ1v) is 6.88. The van der Waals surface area contributed by atoms with Crippen molar-refractivity contribution >= 4 is 33.1 Å². The van der Waals surface area contributed by atoms with Crippen LogP contribution < -0.4 is 5.32 Å². The van der Waals surface area contributed by atoms with E-state index in [-0.39, 0.29) is 11.7 Å². The minimum Gasteiger partial charge on any atom is -0.306 e. The van der Waals surface area contributed by atoms with Crippen LogP contribution >= 0.6 is 11.3 Å². The topological polar surface area (TPSA) is 42.0 Å². The van der Waals surface area contributed by atoms with Gasteiger partial charge >= 0.3 is 0 Å². The highest BCUT2D eigenvalue weighted by molar-refractivity contribution is 7.20. The molecule has 1 N–H and O–H groups in total. The molecule has 0 fully saturated rings. The smallest absolute Gasteiger partial charge is 0.266 e. The van der Waals surface area contributed by atoms with Gasteiger partial charge in [0.2, 0.25) is 0 Å². The zero-order valence-corrected chi connectivity index (χ0v) is 11.5. The molecule has 0 unspecified atom stereocenters. The number of aromatic nitrogens is 1. The second-order valence-corrected chi connectivity index (χ2v) is 5.46. The summed E-state index contributed by atoms with van der Waals surface area (Å²) in [5, 5.41) is 3.19. The van der Waals surface area contributed by atoms with Crippen molar-refractivity contribution in [2.45, 2.75) is 6.92 Å². The van der Waals surface area contributed by atoms with Crippen LogP contribution in [0.2, 0.25) is 0 Å². The third-order valence-electron chi connectivity index (χ3n) is 2.86. The minimum atomic E-state index is -0.313. The van der Waals surface area contributed by atoms with Crippen LogP contribution in [0.1, 0.15) is 15.4 Å². The van der Waals surface area contributed by atoms with E-state index in [4.69, 9.17) is 0 Å². The number of aryl methyl sites for hydroxylation is 1. The molecule has 0 saturated carbocycles. The summed E-state index contributed by atoms with van der Waals surface area (Å²) in [5.41, 5.74) is 0.824. The lowest BCUT2D eigenvalue weighted by molar-refractivity contribution is 0.103. The average molecular weight is 286 g/mol. The van der Waals surface area contributed by atoms with Gasteiger partial charge in [0.05, 0.1) is 4.88 Å². The molecule has 3 rings (SSSR count). The number of fused-ring (bicyclic) bond motifs is 1. The van der Waals surface area contributed by atoms with Crippen LogP contribution in [0.5, 0.6) is 0 Å². The molecule has 0 aliphatic heterocycles. The Hall–Kier alpha value is -2.27. The van der Waals surface area contributed by atoms with Crippen LogP contribution in [0.4, 0.5) is 10.2 Å². The maximum absolute atomic E-state index is 13.6. The van der Waals surface area contributed by atoms with Gasteiger partial charge < -0.3 is 5.32 Å². The van der Waals surface area contributed by atoms with Gasteiger partial charge in [-0.05, 0) is 37.3 Å². The Morgan fingerprint density at radius 1 is 1.25 bits per heavy atom. The lowest BCUT2D eigenvalue weighted by Gasteiger charge is -2.02. The van der Waals surface area contributed by atoms with Crippen LogP contribution in [0.3, 0.4) is 0 Å². The van der Waals surface area contributed by atoms with E-state index < -0.39 is 0 Å². The monoisotopic (exact) mass is 286 g/mol. The highest BCUT2D eigenvalue weighted by atomic mass is 32.1. The van der Waals surface area contributed by atoms with E-state index in [0.29, 0.717) is 16.1 Å². The molecule has 2 heterocycles. The summed E-state index contributed by atoms with van der Waals surface area (Å²) in [4.78, 5) is 16.8. The van der Waals surface area contributed by atoms with E-state index >= 15 is 0 Å². The van der Waals surface area contributed by atoms with Gasteiger partial charge in [0.15, 0.2) is 0 Å². The second kappa shape index (κ2) is 5.02. The molecule has 2 aromatic heterocycles. The number of anilines is 1. The Kier molecular flexibility index (Phi) is 3.20. The Balaban J connectivity index is 1.91. The molecule has 1 amide bonds. The van der Waals surface area contributed by atoms with E-state index in [9.17, 15) is 9.18 Å². The number of carbonyl (C=O) groups is 1. The predicted molar refractivity (Wildman–Crippen MR) is 78.7 cm³/mol. The Labute approximate surface area is 119 Å². The number of pyridine rings is 1. The van der Waals surface area contributed by atoms with E-state index in [1.807, 2.05) is 19.1 Å². The number of thiophene rings is 1. The van der Waals surface area contributed by atoms with Gasteiger partial charge in [-0.25, -0.2) is 9.37 Å². The number of amides is 1. The lowest BCUT2D eigenvalue weighted by Crippen LogP contribution is -2.11. The molecule has 1 aromatic carbocycles. The number of nitrogens with zero attached hydrogens (tertiary/aromatic N) is 1. The summed E-state index contributed by atoms with van der Waals surface area (Å²) < 4.78 is 14.4. The van der Waals surface area contributed by atoms with Crippen molar-refractivity contribution in [3.05, 3.63) is 58.9 Å². The fourth-order valence-electron chi connectivity index (χ4n) is 1.93. The molecule has 3 aromatic rings. The highest BCUT2D eigenvalue weighted by Gasteiger charge is 2.13. The van der Waals surface area contributed by atoms with Crippen molar-refractivity contribution in [2.75, 3.05) is 5.32 Å². The van der Waals surface area contributed by atoms with Gasteiger partial charge in [-0.3, -0.25) is 4.79 Å². The molecule has 0 saturated heterocycles. The summed E-state index contributed by atoms with van der Waals surface area (Å²) in [6.07, 6.45) is 0. The minimum absolute atomic E-state index is 0.274. The van der Waals surface area contributed by atoms with E-state index in [0.717, 1.165) is 10.4 Å². The summed E-state index contributed by atoms with van der Waals surface area (Å²) >= 11 is 1.26. The maximum atomic E-state index is 13.6. The molecule has 20 heavy (non-hydrogen) atoms. The molecule has 0 aliphatic rings. The molecule has 100 valence electrons. The second-order valence-electron chi connectivity index (χ2n) is 4.38. The number of rotatable bonds is 2. The van der Waals surface area contributed by atoms with Gasteiger partial charge in [-0.2, -0.15) is 0 Å². The quantitative estimate of drug-likeness (QED) is 0.773.